The van der Waals surface area contributed by atoms with Crippen LogP contribution in [0.3, 0.4) is 0 Å². The van der Waals surface area contributed by atoms with Crippen molar-refractivity contribution in [2.75, 3.05) is 38.0 Å². The lowest BCUT2D eigenvalue weighted by Crippen LogP contribution is -2.58. The number of carbonyl (C=O) groups is 1. The molecule has 3 heterocycles. The molecule has 3 aliphatic rings. The van der Waals surface area contributed by atoms with Crippen LogP contribution >= 0.6 is 0 Å². The molecule has 1 amide bonds. The number of carbonyl (C=O) groups excluding carboxylic acids is 1. The fourth-order valence-corrected chi connectivity index (χ4v) is 9.75. The zero-order valence-corrected chi connectivity index (χ0v) is 31.1. The zero-order valence-electron chi connectivity index (χ0n) is 30.3. The predicted molar refractivity (Wildman–Crippen MR) is 194 cm³/mol. The Bertz CT molecular complexity index is 1760. The number of fused-ring (bicyclic) bond motifs is 4. The number of ether oxygens (including phenoxy) is 1. The lowest BCUT2D eigenvalue weighted by atomic mass is 9.59. The Hall–Kier alpha value is -3.50. The Kier molecular flexibility index (Phi) is 9.85. The van der Waals surface area contributed by atoms with Crippen LogP contribution < -0.4 is 9.46 Å². The van der Waals surface area contributed by atoms with Gasteiger partial charge in [0.1, 0.15) is 0 Å². The quantitative estimate of drug-likeness (QED) is 0.289. The van der Waals surface area contributed by atoms with E-state index >= 15 is 0 Å². The summed E-state index contributed by atoms with van der Waals surface area (Å²) in [5, 5.41) is 0. The highest BCUT2D eigenvalue weighted by Gasteiger charge is 2.50. The van der Waals surface area contributed by atoms with E-state index in [1.54, 1.807) is 12.1 Å². The summed E-state index contributed by atoms with van der Waals surface area (Å²) in [6.07, 6.45) is 5.97. The molecular formula is C39H53N5O4S. The minimum Gasteiger partial charge on any atom is -0.477 e. The zero-order chi connectivity index (χ0) is 35.1. The number of aromatic nitrogens is 2. The summed E-state index contributed by atoms with van der Waals surface area (Å²) in [6, 6.07) is 14.3. The summed E-state index contributed by atoms with van der Waals surface area (Å²) in [5.74, 6) is 0.842. The standard InChI is InChI=1S/C39H53N5O4S/c1-26(2)20-39(21-27(3)4)24-44(31-22-38(23-31)14-16-43(7)17-15-38)36(45)30-12-9-13-32(18-30)49(46,47)42-37-40-33(19-34(41-37)48-25-39)35-28(5)10-8-11-29(35)6/h8-13,18-19,26-27,31H,14-17,20-25H2,1-7H3,(H,40,41,42). The van der Waals surface area contributed by atoms with E-state index < -0.39 is 10.0 Å². The summed E-state index contributed by atoms with van der Waals surface area (Å²) < 4.78 is 36.9. The van der Waals surface area contributed by atoms with Gasteiger partial charge in [0, 0.05) is 35.2 Å². The third-order valence-corrected chi connectivity index (χ3v) is 12.2. The number of aryl methyl sites for hydroxylation is 2. The van der Waals surface area contributed by atoms with Crippen LogP contribution in [0.4, 0.5) is 5.95 Å². The highest BCUT2D eigenvalue weighted by atomic mass is 32.2. The minimum atomic E-state index is -4.13. The second-order valence-corrected chi connectivity index (χ2v) is 17.8. The Morgan fingerprint density at radius 2 is 1.57 bits per heavy atom. The third kappa shape index (κ3) is 7.65. The van der Waals surface area contributed by atoms with E-state index in [1.807, 2.05) is 38.1 Å². The molecule has 1 aromatic heterocycles. The Balaban J connectivity index is 1.47. The molecule has 264 valence electrons. The van der Waals surface area contributed by atoms with Crippen molar-refractivity contribution in [1.29, 1.82) is 0 Å². The predicted octanol–water partition coefficient (Wildman–Crippen LogP) is 7.35. The monoisotopic (exact) mass is 687 g/mol. The van der Waals surface area contributed by atoms with Crippen molar-refractivity contribution in [2.45, 2.75) is 91.0 Å². The molecule has 2 aromatic carbocycles. The summed E-state index contributed by atoms with van der Waals surface area (Å²) in [7, 11) is -1.95. The van der Waals surface area contributed by atoms with E-state index in [1.165, 1.54) is 12.1 Å². The van der Waals surface area contributed by atoms with Crippen molar-refractivity contribution < 1.29 is 17.9 Å². The highest BCUT2D eigenvalue weighted by molar-refractivity contribution is 7.92. The number of nitrogens with one attached hydrogen (secondary N) is 1. The van der Waals surface area contributed by atoms with Gasteiger partial charge in [-0.05, 0) is 119 Å². The van der Waals surface area contributed by atoms with E-state index in [4.69, 9.17) is 4.74 Å². The molecule has 49 heavy (non-hydrogen) atoms. The second kappa shape index (κ2) is 13.7. The first-order valence-electron chi connectivity index (χ1n) is 17.9. The van der Waals surface area contributed by atoms with Crippen LogP contribution in [0, 0.1) is 36.5 Å². The van der Waals surface area contributed by atoms with Crippen LogP contribution in [-0.2, 0) is 10.0 Å². The number of benzene rings is 2. The first-order valence-corrected chi connectivity index (χ1v) is 19.4. The first-order chi connectivity index (χ1) is 23.2. The number of nitrogens with zero attached hydrogens (tertiary/aromatic N) is 4. The van der Waals surface area contributed by atoms with Crippen molar-refractivity contribution in [3.8, 4) is 17.1 Å². The SMILES string of the molecule is Cc1cccc(C)c1-c1cc2nc(n1)NS(=O)(=O)c1cccc(c1)C(=O)N(C1CC3(CCN(C)CC3)C1)CC(CC(C)C)(CC(C)C)CO2. The summed E-state index contributed by atoms with van der Waals surface area (Å²) >= 11 is 0. The summed E-state index contributed by atoms with van der Waals surface area (Å²) in [6.45, 7) is 16.0. The van der Waals surface area contributed by atoms with Gasteiger partial charge in [-0.3, -0.25) is 4.79 Å². The Morgan fingerprint density at radius 1 is 0.939 bits per heavy atom. The molecule has 9 nitrogen and oxygen atoms in total. The van der Waals surface area contributed by atoms with Crippen LogP contribution in [0.15, 0.2) is 53.4 Å². The van der Waals surface area contributed by atoms with E-state index in [9.17, 15) is 13.2 Å². The van der Waals surface area contributed by atoms with E-state index in [-0.39, 0.29) is 33.6 Å². The topological polar surface area (TPSA) is 105 Å². The molecule has 0 unspecified atom stereocenters. The van der Waals surface area contributed by atoms with Gasteiger partial charge in [0.05, 0.1) is 17.2 Å². The van der Waals surface area contributed by atoms with Crippen LogP contribution in [-0.4, -0.2) is 73.4 Å². The second-order valence-electron chi connectivity index (χ2n) is 16.1. The van der Waals surface area contributed by atoms with Gasteiger partial charge in [-0.1, -0.05) is 52.0 Å². The van der Waals surface area contributed by atoms with Gasteiger partial charge in [-0.2, -0.15) is 4.98 Å². The number of hydrogen-bond acceptors (Lipinski definition) is 7. The van der Waals surface area contributed by atoms with Crippen LogP contribution in [0.25, 0.3) is 11.3 Å². The molecule has 10 heteroatoms. The maximum absolute atomic E-state index is 14.7. The third-order valence-electron chi connectivity index (χ3n) is 10.9. The van der Waals surface area contributed by atoms with E-state index in [2.05, 4.69) is 59.2 Å². The smallest absolute Gasteiger partial charge is 0.264 e. The lowest BCUT2D eigenvalue weighted by Gasteiger charge is -2.56. The first kappa shape index (κ1) is 35.3. The molecule has 6 rings (SSSR count). The highest BCUT2D eigenvalue weighted by Crippen LogP contribution is 2.52. The van der Waals surface area contributed by atoms with Gasteiger partial charge < -0.3 is 14.5 Å². The van der Waals surface area contributed by atoms with Gasteiger partial charge in [-0.25, -0.2) is 18.1 Å². The molecule has 2 aliphatic heterocycles. The van der Waals surface area contributed by atoms with Gasteiger partial charge in [-0.15, -0.1) is 0 Å². The maximum atomic E-state index is 14.7. The molecular weight excluding hydrogens is 635 g/mol. The maximum Gasteiger partial charge on any atom is 0.264 e. The summed E-state index contributed by atoms with van der Waals surface area (Å²) in [5.41, 5.74) is 3.82. The van der Waals surface area contributed by atoms with Gasteiger partial charge in [0.15, 0.2) is 0 Å². The van der Waals surface area contributed by atoms with E-state index in [0.29, 0.717) is 42.1 Å². The average molecular weight is 688 g/mol. The van der Waals surface area contributed by atoms with Crippen molar-refractivity contribution in [1.82, 2.24) is 19.8 Å². The number of anilines is 1. The molecule has 1 saturated carbocycles. The molecule has 3 aromatic rings. The van der Waals surface area contributed by atoms with Crippen LogP contribution in [0.1, 0.15) is 87.7 Å². The van der Waals surface area contributed by atoms with Crippen LogP contribution in [0.2, 0.25) is 0 Å². The fourth-order valence-electron chi connectivity index (χ4n) is 8.76. The normalized spacial score (nSPS) is 21.9. The van der Waals surface area contributed by atoms with Gasteiger partial charge >= 0.3 is 0 Å². The number of piperidine rings is 1. The number of sulfonamides is 1. The van der Waals surface area contributed by atoms with Crippen molar-refractivity contribution in [3.63, 3.8) is 0 Å². The number of rotatable bonds is 6. The van der Waals surface area contributed by atoms with Crippen molar-refractivity contribution >= 4 is 21.9 Å². The Labute approximate surface area is 292 Å². The number of amides is 1. The molecule has 1 N–H and O–H groups in total. The summed E-state index contributed by atoms with van der Waals surface area (Å²) in [4.78, 5) is 28.4. The molecule has 4 bridgehead atoms. The molecule has 1 aliphatic carbocycles. The molecule has 0 radical (unpaired) electrons. The molecule has 0 atom stereocenters. The lowest BCUT2D eigenvalue weighted by molar-refractivity contribution is -0.0505. The van der Waals surface area contributed by atoms with E-state index in [0.717, 1.165) is 68.3 Å². The largest absolute Gasteiger partial charge is 0.477 e. The number of likely N-dealkylation sites (tertiary alicyclic amines) is 1. The average Bonchev–Trinajstić information content (AvgIpc) is 3.01. The number of hydrogen-bond donors (Lipinski definition) is 1. The molecule has 1 saturated heterocycles. The Morgan fingerprint density at radius 3 is 2.20 bits per heavy atom. The molecule has 1 spiro atoms. The minimum absolute atomic E-state index is 0.00470. The van der Waals surface area contributed by atoms with Crippen molar-refractivity contribution in [2.24, 2.45) is 22.7 Å². The van der Waals surface area contributed by atoms with Crippen LogP contribution in [0.5, 0.6) is 5.88 Å². The fraction of sp³-hybridized carbons (Fsp3) is 0.564. The van der Waals surface area contributed by atoms with Gasteiger partial charge in [0.2, 0.25) is 11.8 Å². The molecule has 2 fully saturated rings. The van der Waals surface area contributed by atoms with Gasteiger partial charge in [0.25, 0.3) is 15.9 Å². The van der Waals surface area contributed by atoms with Crippen molar-refractivity contribution in [3.05, 3.63) is 65.2 Å².